The van der Waals surface area contributed by atoms with Crippen molar-refractivity contribution in [3.63, 3.8) is 0 Å². The fourth-order valence-electron chi connectivity index (χ4n) is 8.53. The lowest BCUT2D eigenvalue weighted by Crippen LogP contribution is -2.57. The highest BCUT2D eigenvalue weighted by Gasteiger charge is 2.62. The molecule has 0 aliphatic heterocycles. The quantitative estimate of drug-likeness (QED) is 0.685. The summed E-state index contributed by atoms with van der Waals surface area (Å²) in [6.07, 6.45) is 9.40. The molecule has 164 valence electrons. The van der Waals surface area contributed by atoms with Crippen LogP contribution in [-0.4, -0.2) is 30.1 Å². The minimum absolute atomic E-state index is 0.110. The molecule has 0 heterocycles. The van der Waals surface area contributed by atoms with Gasteiger partial charge in [0.1, 0.15) is 5.78 Å². The second-order valence-electron chi connectivity index (χ2n) is 11.4. The molecule has 0 amide bonds. The van der Waals surface area contributed by atoms with Gasteiger partial charge in [-0.1, -0.05) is 20.8 Å². The predicted octanol–water partition coefficient (Wildman–Crippen LogP) is 4.77. The zero-order valence-corrected chi connectivity index (χ0v) is 18.8. The van der Waals surface area contributed by atoms with E-state index in [2.05, 4.69) is 20.8 Å². The normalized spacial score (nSPS) is 47.7. The van der Waals surface area contributed by atoms with E-state index in [4.69, 9.17) is 4.74 Å². The van der Waals surface area contributed by atoms with Gasteiger partial charge in [-0.3, -0.25) is 9.59 Å². The predicted molar refractivity (Wildman–Crippen MR) is 112 cm³/mol. The topological polar surface area (TPSA) is 63.6 Å². The molecule has 0 aromatic carbocycles. The number of hydrogen-bond acceptors (Lipinski definition) is 4. The molecule has 4 aliphatic rings. The van der Waals surface area contributed by atoms with Gasteiger partial charge in [-0.15, -0.1) is 0 Å². The van der Waals surface area contributed by atoms with Gasteiger partial charge in [-0.05, 0) is 91.8 Å². The number of aliphatic hydroxyl groups is 1. The molecule has 4 rings (SSSR count). The van der Waals surface area contributed by atoms with Crippen molar-refractivity contribution >= 4 is 11.8 Å². The molecule has 0 aromatic rings. The smallest absolute Gasteiger partial charge is 0.305 e. The third-order valence-electron chi connectivity index (χ3n) is 10.2. The third kappa shape index (κ3) is 3.38. The van der Waals surface area contributed by atoms with Gasteiger partial charge in [0.2, 0.25) is 0 Å². The van der Waals surface area contributed by atoms with Crippen molar-refractivity contribution in [1.82, 2.24) is 0 Å². The van der Waals surface area contributed by atoms with Crippen LogP contribution in [0.4, 0.5) is 0 Å². The molecule has 4 fully saturated rings. The summed E-state index contributed by atoms with van der Waals surface area (Å²) >= 11 is 0. The van der Waals surface area contributed by atoms with Gasteiger partial charge in [-0.25, -0.2) is 0 Å². The summed E-state index contributed by atoms with van der Waals surface area (Å²) < 4.78 is 4.85. The fourth-order valence-corrected chi connectivity index (χ4v) is 8.53. The average molecular weight is 405 g/mol. The molecule has 4 saturated carbocycles. The molecule has 0 aromatic heterocycles. The van der Waals surface area contributed by atoms with Crippen LogP contribution in [-0.2, 0) is 14.3 Å². The summed E-state index contributed by atoms with van der Waals surface area (Å²) in [7, 11) is 1.47. The van der Waals surface area contributed by atoms with E-state index in [-0.39, 0.29) is 28.8 Å². The van der Waals surface area contributed by atoms with E-state index in [9.17, 15) is 14.7 Å². The van der Waals surface area contributed by atoms with E-state index >= 15 is 0 Å². The van der Waals surface area contributed by atoms with E-state index in [1.54, 1.807) is 0 Å². The molecule has 1 unspecified atom stereocenters. The Morgan fingerprint density at radius 2 is 1.83 bits per heavy atom. The van der Waals surface area contributed by atoms with E-state index in [0.29, 0.717) is 48.2 Å². The van der Waals surface area contributed by atoms with Crippen molar-refractivity contribution in [1.29, 1.82) is 0 Å². The van der Waals surface area contributed by atoms with Crippen LogP contribution in [0.3, 0.4) is 0 Å². The molecule has 29 heavy (non-hydrogen) atoms. The number of carbonyl (C=O) groups is 2. The Balaban J connectivity index is 1.53. The van der Waals surface area contributed by atoms with Gasteiger partial charge in [0, 0.05) is 18.8 Å². The Kier molecular flexibility index (Phi) is 5.63. The Bertz CT molecular complexity index is 659. The van der Waals surface area contributed by atoms with Crippen LogP contribution in [0.2, 0.25) is 0 Å². The Hall–Kier alpha value is -0.900. The van der Waals surface area contributed by atoms with E-state index in [0.717, 1.165) is 32.1 Å². The lowest BCUT2D eigenvalue weighted by molar-refractivity contribution is -0.160. The Morgan fingerprint density at radius 1 is 1.14 bits per heavy atom. The molecule has 1 N–H and O–H groups in total. The van der Waals surface area contributed by atoms with Crippen LogP contribution in [0.25, 0.3) is 0 Å². The first-order chi connectivity index (χ1) is 13.7. The number of rotatable bonds is 4. The second-order valence-corrected chi connectivity index (χ2v) is 11.4. The first-order valence-corrected chi connectivity index (χ1v) is 12.0. The van der Waals surface area contributed by atoms with Crippen LogP contribution < -0.4 is 0 Å². The number of carbonyl (C=O) groups excluding carboxylic acids is 2. The Morgan fingerprint density at radius 3 is 2.55 bits per heavy atom. The molecule has 0 saturated heterocycles. The summed E-state index contributed by atoms with van der Waals surface area (Å²) in [6.45, 7) is 7.18. The average Bonchev–Trinajstić information content (AvgIpc) is 3.04. The molecule has 4 heteroatoms. The molecule has 9 atom stereocenters. The van der Waals surface area contributed by atoms with Crippen molar-refractivity contribution < 1.29 is 19.4 Å². The number of aliphatic hydroxyl groups excluding tert-OH is 1. The summed E-state index contributed by atoms with van der Waals surface area (Å²) in [5.41, 5.74) is 0.456. The van der Waals surface area contributed by atoms with E-state index in [1.165, 1.54) is 26.4 Å². The van der Waals surface area contributed by atoms with Crippen molar-refractivity contribution in [3.8, 4) is 0 Å². The number of hydrogen-bond donors (Lipinski definition) is 1. The van der Waals surface area contributed by atoms with Crippen LogP contribution in [0.15, 0.2) is 0 Å². The number of ether oxygens (including phenoxy) is 1. The number of fused-ring (bicyclic) bond motifs is 5. The maximum absolute atomic E-state index is 13.4. The molecule has 0 spiro atoms. The maximum Gasteiger partial charge on any atom is 0.305 e. The highest BCUT2D eigenvalue weighted by Crippen LogP contribution is 2.67. The van der Waals surface area contributed by atoms with Gasteiger partial charge in [-0.2, -0.15) is 0 Å². The zero-order chi connectivity index (χ0) is 21.0. The van der Waals surface area contributed by atoms with Crippen LogP contribution in [0, 0.1) is 46.3 Å². The first kappa shape index (κ1) is 21.3. The highest BCUT2D eigenvalue weighted by molar-refractivity contribution is 5.83. The fraction of sp³-hybridized carbons (Fsp3) is 0.920. The molecular formula is C25H40O4. The summed E-state index contributed by atoms with van der Waals surface area (Å²) in [6, 6.07) is 0. The first-order valence-electron chi connectivity index (χ1n) is 12.0. The van der Waals surface area contributed by atoms with Crippen molar-refractivity contribution in [2.75, 3.05) is 7.11 Å². The third-order valence-corrected chi connectivity index (χ3v) is 10.2. The minimum Gasteiger partial charge on any atom is -0.469 e. The number of esters is 1. The maximum atomic E-state index is 13.4. The highest BCUT2D eigenvalue weighted by atomic mass is 16.5. The van der Waals surface area contributed by atoms with Crippen molar-refractivity contribution in [2.24, 2.45) is 46.3 Å². The zero-order valence-electron chi connectivity index (χ0n) is 18.8. The van der Waals surface area contributed by atoms with Gasteiger partial charge in [0.25, 0.3) is 0 Å². The lowest BCUT2D eigenvalue weighted by Gasteiger charge is -2.60. The molecular weight excluding hydrogens is 364 g/mol. The van der Waals surface area contributed by atoms with Crippen molar-refractivity contribution in [2.45, 2.75) is 91.1 Å². The Labute approximate surface area is 176 Å². The van der Waals surface area contributed by atoms with Crippen LogP contribution in [0.1, 0.15) is 85.0 Å². The van der Waals surface area contributed by atoms with Gasteiger partial charge in [0.05, 0.1) is 13.2 Å². The molecule has 4 aliphatic carbocycles. The number of ketones is 1. The van der Waals surface area contributed by atoms with Gasteiger partial charge in [0.15, 0.2) is 0 Å². The second kappa shape index (κ2) is 7.66. The molecule has 0 bridgehead atoms. The minimum atomic E-state index is -0.210. The largest absolute Gasteiger partial charge is 0.469 e. The van der Waals surface area contributed by atoms with E-state index < -0.39 is 0 Å². The standard InChI is InChI=1S/C25H40O4/c1-15(5-8-22(28)29-4)18-6-7-19-23-20(10-12-25(18,19)3)24(2)11-9-17(26)13-16(24)14-21(23)27/h15-20,23,26H,5-14H2,1-4H3/t15-,16+,17?,18-,19+,20+,23+,24+,25-/m1/s1. The van der Waals surface area contributed by atoms with Gasteiger partial charge >= 0.3 is 5.97 Å². The van der Waals surface area contributed by atoms with Crippen LogP contribution >= 0.6 is 0 Å². The number of Topliss-reactive ketones (excluding diaryl/α,β-unsaturated/α-hetero) is 1. The number of methoxy groups -OCH3 is 1. The molecule has 0 radical (unpaired) electrons. The summed E-state index contributed by atoms with van der Waals surface area (Å²) in [5, 5.41) is 10.2. The summed E-state index contributed by atoms with van der Waals surface area (Å²) in [4.78, 5) is 25.0. The lowest BCUT2D eigenvalue weighted by atomic mass is 9.44. The van der Waals surface area contributed by atoms with Crippen molar-refractivity contribution in [3.05, 3.63) is 0 Å². The molecule has 4 nitrogen and oxygen atoms in total. The summed E-state index contributed by atoms with van der Waals surface area (Å²) in [5.74, 6) is 3.08. The van der Waals surface area contributed by atoms with E-state index in [1.807, 2.05) is 0 Å². The van der Waals surface area contributed by atoms with Gasteiger partial charge < -0.3 is 9.84 Å². The monoisotopic (exact) mass is 404 g/mol. The SMILES string of the molecule is COC(=O)CC[C@@H](C)[C@H]1CC[C@H]2[C@@H]3C(=O)C[C@@H]4CC(O)CC[C@]4(C)[C@H]3CC[C@]12C. The van der Waals surface area contributed by atoms with Crippen LogP contribution in [0.5, 0.6) is 0 Å².